The second-order valence-corrected chi connectivity index (χ2v) is 5.28. The van der Waals surface area contributed by atoms with Gasteiger partial charge in [-0.3, -0.25) is 4.79 Å². The van der Waals surface area contributed by atoms with E-state index in [2.05, 4.69) is 5.32 Å². The topological polar surface area (TPSA) is 51.5 Å². The van der Waals surface area contributed by atoms with Crippen molar-refractivity contribution in [2.45, 2.75) is 13.8 Å². The van der Waals surface area contributed by atoms with Gasteiger partial charge < -0.3 is 14.5 Å². The van der Waals surface area contributed by atoms with Crippen molar-refractivity contribution in [3.63, 3.8) is 0 Å². The molecule has 0 aliphatic heterocycles. The van der Waals surface area contributed by atoms with E-state index >= 15 is 0 Å². The summed E-state index contributed by atoms with van der Waals surface area (Å²) in [6, 6.07) is 16.7. The fourth-order valence-electron chi connectivity index (χ4n) is 2.17. The van der Waals surface area contributed by atoms with Crippen molar-refractivity contribution in [3.05, 3.63) is 77.7 Å². The summed E-state index contributed by atoms with van der Waals surface area (Å²) in [7, 11) is 0. The van der Waals surface area contributed by atoms with Crippen LogP contribution in [-0.4, -0.2) is 5.91 Å². The third-order valence-electron chi connectivity index (χ3n) is 3.47. The number of hydrogen-bond donors (Lipinski definition) is 1. The molecule has 2 aromatic carbocycles. The average Bonchev–Trinajstić information content (AvgIpc) is 2.98. The van der Waals surface area contributed by atoms with Gasteiger partial charge in [0.1, 0.15) is 17.3 Å². The highest BCUT2D eigenvalue weighted by molar-refractivity contribution is 6.04. The molecule has 1 heterocycles. The Morgan fingerprint density at radius 1 is 0.913 bits per heavy atom. The minimum absolute atomic E-state index is 0.191. The molecule has 0 saturated heterocycles. The number of ether oxygens (including phenoxy) is 1. The van der Waals surface area contributed by atoms with Crippen molar-refractivity contribution < 1.29 is 13.9 Å². The number of amides is 1. The molecule has 0 fully saturated rings. The van der Waals surface area contributed by atoms with Gasteiger partial charge in [0, 0.05) is 5.69 Å². The summed E-state index contributed by atoms with van der Waals surface area (Å²) in [5, 5.41) is 2.83. The number of aryl methyl sites for hydroxylation is 2. The van der Waals surface area contributed by atoms with Crippen LogP contribution in [0.25, 0.3) is 0 Å². The van der Waals surface area contributed by atoms with Crippen LogP contribution < -0.4 is 10.1 Å². The Bertz CT molecular complexity index is 801. The average molecular weight is 307 g/mol. The lowest BCUT2D eigenvalue weighted by Gasteiger charge is -2.08. The van der Waals surface area contributed by atoms with Crippen LogP contribution in [0, 0.1) is 13.8 Å². The lowest BCUT2D eigenvalue weighted by atomic mass is 10.2. The zero-order valence-electron chi connectivity index (χ0n) is 13.0. The molecule has 0 aliphatic carbocycles. The van der Waals surface area contributed by atoms with Crippen LogP contribution in [0.3, 0.4) is 0 Å². The van der Waals surface area contributed by atoms with Crippen LogP contribution in [0.4, 0.5) is 5.69 Å². The highest BCUT2D eigenvalue weighted by Gasteiger charge is 2.11. The van der Waals surface area contributed by atoms with Gasteiger partial charge in [-0.25, -0.2) is 0 Å². The number of benzene rings is 2. The molecule has 23 heavy (non-hydrogen) atoms. The molecule has 0 aliphatic rings. The van der Waals surface area contributed by atoms with Crippen molar-refractivity contribution in [1.82, 2.24) is 0 Å². The monoisotopic (exact) mass is 307 g/mol. The molecule has 1 amide bonds. The van der Waals surface area contributed by atoms with E-state index in [9.17, 15) is 4.79 Å². The molecule has 0 spiro atoms. The summed E-state index contributed by atoms with van der Waals surface area (Å²) in [5.41, 5.74) is 2.42. The Morgan fingerprint density at radius 2 is 1.52 bits per heavy atom. The Labute approximate surface area is 134 Å². The second-order valence-electron chi connectivity index (χ2n) is 5.28. The minimum Gasteiger partial charge on any atom is -0.469 e. The predicted molar refractivity (Wildman–Crippen MR) is 89.1 cm³/mol. The number of furan rings is 1. The Morgan fingerprint density at radius 3 is 2.09 bits per heavy atom. The van der Waals surface area contributed by atoms with Crippen LogP contribution in [-0.2, 0) is 0 Å². The smallest absolute Gasteiger partial charge is 0.259 e. The number of carbonyl (C=O) groups is 1. The summed E-state index contributed by atoms with van der Waals surface area (Å²) in [4.78, 5) is 12.1. The van der Waals surface area contributed by atoms with Crippen molar-refractivity contribution in [3.8, 4) is 11.5 Å². The molecule has 0 unspecified atom stereocenters. The molecule has 0 radical (unpaired) electrons. The van der Waals surface area contributed by atoms with Gasteiger partial charge in [-0.1, -0.05) is 17.7 Å². The zero-order chi connectivity index (χ0) is 16.2. The molecule has 0 bridgehead atoms. The van der Waals surface area contributed by atoms with E-state index in [0.717, 1.165) is 5.75 Å². The van der Waals surface area contributed by atoms with E-state index in [-0.39, 0.29) is 5.91 Å². The molecule has 4 nitrogen and oxygen atoms in total. The maximum atomic E-state index is 12.1. The van der Waals surface area contributed by atoms with E-state index < -0.39 is 0 Å². The number of rotatable bonds is 4. The first kappa shape index (κ1) is 14.9. The van der Waals surface area contributed by atoms with Gasteiger partial charge in [-0.2, -0.15) is 0 Å². The maximum Gasteiger partial charge on any atom is 0.259 e. The standard InChI is InChI=1S/C19H17NO3/c1-13-3-7-16(8-4-13)23-17-9-5-15(6-10-17)20-19(21)18-11-12-22-14(18)2/h3-12H,1-2H3,(H,20,21). The highest BCUT2D eigenvalue weighted by Crippen LogP contribution is 2.23. The molecule has 1 aromatic heterocycles. The fraction of sp³-hybridized carbons (Fsp3) is 0.105. The van der Waals surface area contributed by atoms with E-state index in [1.165, 1.54) is 11.8 Å². The van der Waals surface area contributed by atoms with Crippen molar-refractivity contribution in [2.24, 2.45) is 0 Å². The molecular weight excluding hydrogens is 290 g/mol. The summed E-state index contributed by atoms with van der Waals surface area (Å²) in [6.45, 7) is 3.79. The first-order valence-electron chi connectivity index (χ1n) is 7.32. The zero-order valence-corrected chi connectivity index (χ0v) is 13.0. The van der Waals surface area contributed by atoms with Gasteiger partial charge in [-0.15, -0.1) is 0 Å². The number of anilines is 1. The quantitative estimate of drug-likeness (QED) is 0.742. The van der Waals surface area contributed by atoms with Crippen molar-refractivity contribution in [1.29, 1.82) is 0 Å². The molecule has 0 saturated carbocycles. The molecule has 0 atom stereocenters. The molecular formula is C19H17NO3. The second kappa shape index (κ2) is 6.40. The van der Waals surface area contributed by atoms with E-state index in [4.69, 9.17) is 9.15 Å². The first-order valence-corrected chi connectivity index (χ1v) is 7.32. The minimum atomic E-state index is -0.191. The van der Waals surface area contributed by atoms with E-state index in [0.29, 0.717) is 22.8 Å². The Balaban J connectivity index is 1.66. The summed E-state index contributed by atoms with van der Waals surface area (Å²) >= 11 is 0. The number of hydrogen-bond acceptors (Lipinski definition) is 3. The molecule has 3 rings (SSSR count). The summed E-state index contributed by atoms with van der Waals surface area (Å²) in [6.07, 6.45) is 1.50. The van der Waals surface area contributed by atoms with Gasteiger partial charge in [0.25, 0.3) is 5.91 Å². The van der Waals surface area contributed by atoms with Crippen LogP contribution in [0.2, 0.25) is 0 Å². The van der Waals surface area contributed by atoms with Crippen LogP contribution in [0.15, 0.2) is 65.3 Å². The number of nitrogens with one attached hydrogen (secondary N) is 1. The Kier molecular flexibility index (Phi) is 4.15. The molecule has 3 aromatic rings. The van der Waals surface area contributed by atoms with Crippen LogP contribution in [0.5, 0.6) is 11.5 Å². The lowest BCUT2D eigenvalue weighted by molar-refractivity contribution is 0.102. The molecule has 116 valence electrons. The normalized spacial score (nSPS) is 10.3. The van der Waals surface area contributed by atoms with Crippen molar-refractivity contribution >= 4 is 11.6 Å². The maximum absolute atomic E-state index is 12.1. The fourth-order valence-corrected chi connectivity index (χ4v) is 2.17. The lowest BCUT2D eigenvalue weighted by Crippen LogP contribution is -2.11. The van der Waals surface area contributed by atoms with Crippen molar-refractivity contribution in [2.75, 3.05) is 5.32 Å². The first-order chi connectivity index (χ1) is 11.1. The van der Waals surface area contributed by atoms with Gasteiger partial charge in [0.15, 0.2) is 0 Å². The van der Waals surface area contributed by atoms with Crippen LogP contribution in [0.1, 0.15) is 21.7 Å². The van der Waals surface area contributed by atoms with Gasteiger partial charge in [-0.05, 0) is 56.3 Å². The third kappa shape index (κ3) is 3.61. The molecule has 4 heteroatoms. The van der Waals surface area contributed by atoms with Gasteiger partial charge in [0.2, 0.25) is 0 Å². The van der Waals surface area contributed by atoms with Crippen LogP contribution >= 0.6 is 0 Å². The summed E-state index contributed by atoms with van der Waals surface area (Å²) < 4.78 is 10.9. The van der Waals surface area contributed by atoms with Gasteiger partial charge >= 0.3 is 0 Å². The summed E-state index contributed by atoms with van der Waals surface area (Å²) in [5.74, 6) is 1.90. The highest BCUT2D eigenvalue weighted by atomic mass is 16.5. The van der Waals surface area contributed by atoms with E-state index in [1.807, 2.05) is 43.3 Å². The predicted octanol–water partition coefficient (Wildman–Crippen LogP) is 4.94. The van der Waals surface area contributed by atoms with Gasteiger partial charge in [0.05, 0.1) is 11.8 Å². The SMILES string of the molecule is Cc1ccc(Oc2ccc(NC(=O)c3ccoc3C)cc2)cc1. The van der Waals surface area contributed by atoms with E-state index in [1.54, 1.807) is 25.1 Å². The molecule has 1 N–H and O–H groups in total. The number of carbonyl (C=O) groups excluding carboxylic acids is 1. The Hall–Kier alpha value is -3.01. The largest absolute Gasteiger partial charge is 0.469 e. The third-order valence-corrected chi connectivity index (χ3v) is 3.47.